The van der Waals surface area contributed by atoms with Crippen molar-refractivity contribution in [1.29, 1.82) is 0 Å². The van der Waals surface area contributed by atoms with Crippen molar-refractivity contribution in [3.63, 3.8) is 0 Å². The van der Waals surface area contributed by atoms with Crippen LogP contribution in [0.1, 0.15) is 0 Å². The van der Waals surface area contributed by atoms with Crippen LogP contribution in [0.2, 0.25) is 0 Å². The number of nitrogens with one attached hydrogen (secondary N) is 3. The molecule has 11 heteroatoms. The van der Waals surface area contributed by atoms with E-state index in [2.05, 4.69) is 20.9 Å². The number of benzene rings is 3. The van der Waals surface area contributed by atoms with Gasteiger partial charge in [-0.2, -0.15) is 0 Å². The summed E-state index contributed by atoms with van der Waals surface area (Å²) >= 11 is 0. The number of carbonyl (C=O) groups is 2. The molecule has 3 aromatic carbocycles. The Morgan fingerprint density at radius 3 is 2.08 bits per heavy atom. The van der Waals surface area contributed by atoms with E-state index in [4.69, 9.17) is 14.2 Å². The molecule has 0 unspecified atom stereocenters. The lowest BCUT2D eigenvalue weighted by Crippen LogP contribution is -2.26. The number of nitrogens with zero attached hydrogens (tertiary/aromatic N) is 1. The van der Waals surface area contributed by atoms with Gasteiger partial charge in [0.1, 0.15) is 17.1 Å². The minimum atomic E-state index is -0.793. The lowest BCUT2D eigenvalue weighted by Gasteiger charge is -2.14. The first-order valence-corrected chi connectivity index (χ1v) is 11.6. The highest BCUT2D eigenvalue weighted by Crippen LogP contribution is 2.37. The molecule has 0 atom stereocenters. The van der Waals surface area contributed by atoms with Crippen LogP contribution >= 0.6 is 0 Å². The van der Waals surface area contributed by atoms with Crippen molar-refractivity contribution in [3.8, 4) is 23.0 Å². The fourth-order valence-electron chi connectivity index (χ4n) is 3.62. The van der Waals surface area contributed by atoms with E-state index in [9.17, 15) is 14.0 Å². The Labute approximate surface area is 222 Å². The molecular weight excluding hydrogens is 510 g/mol. The van der Waals surface area contributed by atoms with Gasteiger partial charge in [0.2, 0.25) is 0 Å². The molecule has 0 aliphatic heterocycles. The van der Waals surface area contributed by atoms with Crippen molar-refractivity contribution in [1.82, 2.24) is 10.3 Å². The molecular formula is C28H24F2N4O5. The maximum atomic E-state index is 15.0. The first-order chi connectivity index (χ1) is 18.8. The van der Waals surface area contributed by atoms with Gasteiger partial charge >= 0.3 is 0 Å². The molecule has 0 saturated heterocycles. The molecule has 0 aliphatic carbocycles. The summed E-state index contributed by atoms with van der Waals surface area (Å²) in [6, 6.07) is 13.8. The molecule has 200 valence electrons. The number of pyridine rings is 1. The summed E-state index contributed by atoms with van der Waals surface area (Å²) < 4.78 is 44.6. The summed E-state index contributed by atoms with van der Waals surface area (Å²) in [6.07, 6.45) is 2.71. The summed E-state index contributed by atoms with van der Waals surface area (Å²) in [7, 11) is 4.52. The third-order valence-corrected chi connectivity index (χ3v) is 5.50. The van der Waals surface area contributed by atoms with E-state index in [1.807, 2.05) is 0 Å². The Morgan fingerprint density at radius 2 is 1.44 bits per heavy atom. The molecule has 0 fully saturated rings. The second kappa shape index (κ2) is 11.9. The Balaban J connectivity index is 1.51. The number of anilines is 2. The van der Waals surface area contributed by atoms with Crippen molar-refractivity contribution in [2.24, 2.45) is 0 Å². The van der Waals surface area contributed by atoms with E-state index in [1.165, 1.54) is 70.1 Å². The van der Waals surface area contributed by atoms with Crippen LogP contribution in [0.3, 0.4) is 0 Å². The maximum absolute atomic E-state index is 15.0. The molecule has 0 bridgehead atoms. The average Bonchev–Trinajstić information content (AvgIpc) is 2.93. The molecule has 0 saturated carbocycles. The number of amides is 2. The number of hydrogen-bond donors (Lipinski definition) is 3. The highest BCUT2D eigenvalue weighted by molar-refractivity contribution is 6.26. The van der Waals surface area contributed by atoms with Crippen molar-refractivity contribution < 1.29 is 32.6 Å². The van der Waals surface area contributed by atoms with Gasteiger partial charge in [-0.3, -0.25) is 14.6 Å². The highest BCUT2D eigenvalue weighted by atomic mass is 19.1. The predicted octanol–water partition coefficient (Wildman–Crippen LogP) is 5.00. The van der Waals surface area contributed by atoms with E-state index in [1.54, 1.807) is 18.2 Å². The monoisotopic (exact) mass is 534 g/mol. The standard InChI is InChI=1S/C28H24F2N4O5/c1-31-15-20(27(35)33-17-6-4-16(29)5-7-17)28(36)34-18-8-9-24(21(30)12-18)39-23-10-11-32-22-14-26(38-3)25(37-2)13-19(22)23/h4-15,31H,1-3H3,(H,33,35)(H,34,36)/b20-15+. The van der Waals surface area contributed by atoms with Crippen LogP contribution in [0.15, 0.2) is 78.6 Å². The second-order valence-electron chi connectivity index (χ2n) is 8.04. The Bertz CT molecular complexity index is 1560. The van der Waals surface area contributed by atoms with Gasteiger partial charge in [0.25, 0.3) is 11.8 Å². The molecule has 2 amide bonds. The van der Waals surface area contributed by atoms with Gasteiger partial charge in [-0.15, -0.1) is 0 Å². The van der Waals surface area contributed by atoms with E-state index in [0.29, 0.717) is 33.8 Å². The molecule has 4 rings (SSSR count). The van der Waals surface area contributed by atoms with Crippen LogP contribution in [-0.2, 0) is 9.59 Å². The molecule has 1 heterocycles. The Hall–Kier alpha value is -5.19. The minimum Gasteiger partial charge on any atom is -0.493 e. The Morgan fingerprint density at radius 1 is 0.795 bits per heavy atom. The maximum Gasteiger partial charge on any atom is 0.262 e. The van der Waals surface area contributed by atoms with E-state index >= 15 is 4.39 Å². The van der Waals surface area contributed by atoms with Crippen LogP contribution in [0, 0.1) is 11.6 Å². The number of halogens is 2. The minimum absolute atomic E-state index is 0.0902. The van der Waals surface area contributed by atoms with Gasteiger partial charge in [-0.25, -0.2) is 8.78 Å². The first-order valence-electron chi connectivity index (χ1n) is 11.6. The Kier molecular flexibility index (Phi) is 8.20. The van der Waals surface area contributed by atoms with Gasteiger partial charge in [0, 0.05) is 48.3 Å². The van der Waals surface area contributed by atoms with E-state index < -0.39 is 23.4 Å². The van der Waals surface area contributed by atoms with E-state index in [-0.39, 0.29) is 17.0 Å². The molecule has 0 radical (unpaired) electrons. The zero-order valence-electron chi connectivity index (χ0n) is 21.2. The number of rotatable bonds is 9. The molecule has 4 aromatic rings. The molecule has 1 aromatic heterocycles. The number of fused-ring (bicyclic) bond motifs is 1. The SMILES string of the molecule is CN/C=C(\C(=O)Nc1ccc(F)cc1)C(=O)Nc1ccc(Oc2ccnc3cc(OC)c(OC)cc23)c(F)c1. The number of hydrogen-bond acceptors (Lipinski definition) is 7. The molecule has 3 N–H and O–H groups in total. The lowest BCUT2D eigenvalue weighted by molar-refractivity contribution is -0.118. The van der Waals surface area contributed by atoms with Gasteiger partial charge in [0.05, 0.1) is 19.7 Å². The summed E-state index contributed by atoms with van der Waals surface area (Å²) in [4.78, 5) is 29.8. The largest absolute Gasteiger partial charge is 0.493 e. The number of carbonyl (C=O) groups excluding carboxylic acids is 2. The van der Waals surface area contributed by atoms with Crippen LogP contribution in [0.4, 0.5) is 20.2 Å². The van der Waals surface area contributed by atoms with Crippen molar-refractivity contribution >= 4 is 34.1 Å². The number of aromatic nitrogens is 1. The summed E-state index contributed by atoms with van der Waals surface area (Å²) in [5.74, 6) is -1.60. The number of methoxy groups -OCH3 is 2. The number of ether oxygens (including phenoxy) is 3. The third-order valence-electron chi connectivity index (χ3n) is 5.50. The lowest BCUT2D eigenvalue weighted by atomic mass is 10.1. The van der Waals surface area contributed by atoms with Crippen LogP contribution < -0.4 is 30.2 Å². The summed E-state index contributed by atoms with van der Waals surface area (Å²) in [6.45, 7) is 0. The van der Waals surface area contributed by atoms with Crippen LogP contribution in [0.5, 0.6) is 23.0 Å². The van der Waals surface area contributed by atoms with Crippen molar-refractivity contribution in [2.75, 3.05) is 31.9 Å². The first kappa shape index (κ1) is 26.9. The molecule has 39 heavy (non-hydrogen) atoms. The van der Waals surface area contributed by atoms with Crippen LogP contribution in [0.25, 0.3) is 10.9 Å². The van der Waals surface area contributed by atoms with Crippen LogP contribution in [-0.4, -0.2) is 38.1 Å². The molecule has 0 aliphatic rings. The van der Waals surface area contributed by atoms with Gasteiger partial charge in [-0.05, 0) is 48.5 Å². The second-order valence-corrected chi connectivity index (χ2v) is 8.04. The zero-order valence-corrected chi connectivity index (χ0v) is 21.2. The smallest absolute Gasteiger partial charge is 0.262 e. The van der Waals surface area contributed by atoms with Crippen molar-refractivity contribution in [2.45, 2.75) is 0 Å². The summed E-state index contributed by atoms with van der Waals surface area (Å²) in [5.41, 5.74) is 0.656. The van der Waals surface area contributed by atoms with Gasteiger partial charge in [0.15, 0.2) is 23.1 Å². The van der Waals surface area contributed by atoms with E-state index in [0.717, 1.165) is 6.07 Å². The molecule has 9 nitrogen and oxygen atoms in total. The fourth-order valence-corrected chi connectivity index (χ4v) is 3.62. The summed E-state index contributed by atoms with van der Waals surface area (Å²) in [5, 5.41) is 8.19. The predicted molar refractivity (Wildman–Crippen MR) is 142 cm³/mol. The normalized spacial score (nSPS) is 11.1. The average molecular weight is 535 g/mol. The highest BCUT2D eigenvalue weighted by Gasteiger charge is 2.20. The fraction of sp³-hybridized carbons (Fsp3) is 0.107. The quantitative estimate of drug-likeness (QED) is 0.157. The third kappa shape index (κ3) is 6.21. The van der Waals surface area contributed by atoms with Gasteiger partial charge < -0.3 is 30.2 Å². The molecule has 0 spiro atoms. The zero-order chi connectivity index (χ0) is 27.9. The topological polar surface area (TPSA) is 111 Å². The van der Waals surface area contributed by atoms with Crippen molar-refractivity contribution in [3.05, 3.63) is 90.3 Å². The van der Waals surface area contributed by atoms with Gasteiger partial charge in [-0.1, -0.05) is 0 Å².